The van der Waals surface area contributed by atoms with Gasteiger partial charge in [0.2, 0.25) is 0 Å². The number of hydrogen-bond donors (Lipinski definition) is 0. The second-order valence-corrected chi connectivity index (χ2v) is 7.25. The van der Waals surface area contributed by atoms with E-state index < -0.39 is 0 Å². The lowest BCUT2D eigenvalue weighted by atomic mass is 10.0. The van der Waals surface area contributed by atoms with Gasteiger partial charge in [0.15, 0.2) is 6.61 Å². The maximum atomic E-state index is 13.0. The standard InChI is InChI=1S/C24H24N2O3/c1-18-7-2-5-12-22(18)29-17-23(27)25-13-15-26(16-14-25)24(28)21-11-6-9-19-8-3-4-10-20(19)21/h2-12H,13-17H2,1H3. The van der Waals surface area contributed by atoms with E-state index in [-0.39, 0.29) is 18.4 Å². The molecule has 0 unspecified atom stereocenters. The highest BCUT2D eigenvalue weighted by Gasteiger charge is 2.25. The second kappa shape index (κ2) is 8.35. The molecule has 3 aromatic rings. The average molecular weight is 388 g/mol. The van der Waals surface area contributed by atoms with Gasteiger partial charge in [-0.1, -0.05) is 54.6 Å². The van der Waals surface area contributed by atoms with Crippen molar-refractivity contribution in [2.24, 2.45) is 0 Å². The maximum Gasteiger partial charge on any atom is 0.260 e. The quantitative estimate of drug-likeness (QED) is 0.687. The van der Waals surface area contributed by atoms with Gasteiger partial charge in [0.1, 0.15) is 5.75 Å². The van der Waals surface area contributed by atoms with Crippen molar-refractivity contribution in [1.29, 1.82) is 0 Å². The summed E-state index contributed by atoms with van der Waals surface area (Å²) in [5, 5.41) is 2.02. The van der Waals surface area contributed by atoms with E-state index in [1.54, 1.807) is 4.90 Å². The summed E-state index contributed by atoms with van der Waals surface area (Å²) < 4.78 is 5.67. The predicted octanol–water partition coefficient (Wildman–Crippen LogP) is 3.51. The monoisotopic (exact) mass is 388 g/mol. The number of aryl methyl sites for hydroxylation is 1. The summed E-state index contributed by atoms with van der Waals surface area (Å²) in [6, 6.07) is 21.4. The summed E-state index contributed by atoms with van der Waals surface area (Å²) >= 11 is 0. The normalized spacial score (nSPS) is 14.1. The first-order valence-electron chi connectivity index (χ1n) is 9.87. The molecule has 1 heterocycles. The zero-order chi connectivity index (χ0) is 20.2. The lowest BCUT2D eigenvalue weighted by Gasteiger charge is -2.35. The van der Waals surface area contributed by atoms with Gasteiger partial charge in [-0.05, 0) is 35.4 Å². The smallest absolute Gasteiger partial charge is 0.260 e. The summed E-state index contributed by atoms with van der Waals surface area (Å²) in [5.41, 5.74) is 1.72. The van der Waals surface area contributed by atoms with Crippen LogP contribution in [0.5, 0.6) is 5.75 Å². The third-order valence-corrected chi connectivity index (χ3v) is 5.38. The Morgan fingerprint density at radius 3 is 2.28 bits per heavy atom. The third kappa shape index (κ3) is 4.09. The number of carbonyl (C=O) groups is 2. The molecule has 0 aliphatic carbocycles. The number of carbonyl (C=O) groups excluding carboxylic acids is 2. The van der Waals surface area contributed by atoms with E-state index in [0.717, 1.165) is 22.1 Å². The second-order valence-electron chi connectivity index (χ2n) is 7.25. The molecular formula is C24H24N2O3. The van der Waals surface area contributed by atoms with Crippen LogP contribution in [-0.4, -0.2) is 54.4 Å². The van der Waals surface area contributed by atoms with Gasteiger partial charge < -0.3 is 14.5 Å². The minimum absolute atomic E-state index is 0.0160. The van der Waals surface area contributed by atoms with Crippen LogP contribution in [0.15, 0.2) is 66.7 Å². The maximum absolute atomic E-state index is 13.0. The van der Waals surface area contributed by atoms with Crippen LogP contribution in [0.25, 0.3) is 10.8 Å². The molecule has 0 aromatic heterocycles. The highest BCUT2D eigenvalue weighted by Crippen LogP contribution is 2.21. The van der Waals surface area contributed by atoms with E-state index in [1.807, 2.05) is 78.6 Å². The van der Waals surface area contributed by atoms with Crippen LogP contribution >= 0.6 is 0 Å². The van der Waals surface area contributed by atoms with Crippen molar-refractivity contribution in [2.75, 3.05) is 32.8 Å². The van der Waals surface area contributed by atoms with E-state index in [0.29, 0.717) is 31.7 Å². The molecule has 1 aliphatic heterocycles. The largest absolute Gasteiger partial charge is 0.484 e. The minimum Gasteiger partial charge on any atom is -0.484 e. The van der Waals surface area contributed by atoms with E-state index >= 15 is 0 Å². The van der Waals surface area contributed by atoms with Crippen molar-refractivity contribution in [3.05, 3.63) is 77.9 Å². The molecule has 0 spiro atoms. The fourth-order valence-electron chi connectivity index (χ4n) is 3.69. The van der Waals surface area contributed by atoms with E-state index in [4.69, 9.17) is 4.74 Å². The highest BCUT2D eigenvalue weighted by molar-refractivity contribution is 6.07. The van der Waals surface area contributed by atoms with Gasteiger partial charge in [0, 0.05) is 31.7 Å². The Morgan fingerprint density at radius 1 is 0.828 bits per heavy atom. The Morgan fingerprint density at radius 2 is 1.48 bits per heavy atom. The van der Waals surface area contributed by atoms with Crippen LogP contribution in [0.1, 0.15) is 15.9 Å². The van der Waals surface area contributed by atoms with Crippen LogP contribution in [0.3, 0.4) is 0 Å². The van der Waals surface area contributed by atoms with Crippen molar-refractivity contribution < 1.29 is 14.3 Å². The molecule has 29 heavy (non-hydrogen) atoms. The molecule has 4 rings (SSSR count). The Bertz CT molecular complexity index is 1030. The van der Waals surface area contributed by atoms with Gasteiger partial charge in [-0.15, -0.1) is 0 Å². The van der Waals surface area contributed by atoms with Gasteiger partial charge in [0.05, 0.1) is 0 Å². The van der Waals surface area contributed by atoms with Crippen molar-refractivity contribution in [2.45, 2.75) is 6.92 Å². The first-order chi connectivity index (χ1) is 14.1. The summed E-state index contributed by atoms with van der Waals surface area (Å²) in [5.74, 6) is 0.696. The van der Waals surface area contributed by atoms with Crippen LogP contribution in [0.2, 0.25) is 0 Å². The fraction of sp³-hybridized carbons (Fsp3) is 0.250. The number of piperazine rings is 1. The number of benzene rings is 3. The Kier molecular flexibility index (Phi) is 5.47. The number of amides is 2. The summed E-state index contributed by atoms with van der Waals surface area (Å²) in [7, 11) is 0. The van der Waals surface area contributed by atoms with E-state index in [2.05, 4.69) is 0 Å². The van der Waals surface area contributed by atoms with Gasteiger partial charge in [-0.3, -0.25) is 9.59 Å². The zero-order valence-corrected chi connectivity index (χ0v) is 16.5. The van der Waals surface area contributed by atoms with E-state index in [1.165, 1.54) is 0 Å². The van der Waals surface area contributed by atoms with Crippen molar-refractivity contribution in [1.82, 2.24) is 9.80 Å². The molecule has 1 aliphatic rings. The summed E-state index contributed by atoms with van der Waals surface area (Å²) in [6.45, 7) is 4.06. The Labute approximate surface area is 170 Å². The topological polar surface area (TPSA) is 49.9 Å². The Balaban J connectivity index is 1.36. The molecule has 0 bridgehead atoms. The SMILES string of the molecule is Cc1ccccc1OCC(=O)N1CCN(C(=O)c2cccc3ccccc23)CC1. The Hall–Kier alpha value is -3.34. The summed E-state index contributed by atoms with van der Waals surface area (Å²) in [6.07, 6.45) is 0. The van der Waals surface area contributed by atoms with Crippen LogP contribution < -0.4 is 4.74 Å². The number of ether oxygens (including phenoxy) is 1. The van der Waals surface area contributed by atoms with Gasteiger partial charge >= 0.3 is 0 Å². The molecular weight excluding hydrogens is 364 g/mol. The molecule has 0 N–H and O–H groups in total. The molecule has 1 fully saturated rings. The van der Waals surface area contributed by atoms with Crippen LogP contribution in [-0.2, 0) is 4.79 Å². The summed E-state index contributed by atoms with van der Waals surface area (Å²) in [4.78, 5) is 29.1. The molecule has 0 saturated carbocycles. The predicted molar refractivity (Wildman–Crippen MR) is 113 cm³/mol. The molecule has 148 valence electrons. The van der Waals surface area contributed by atoms with Crippen molar-refractivity contribution in [3.8, 4) is 5.75 Å². The van der Waals surface area contributed by atoms with Crippen LogP contribution in [0.4, 0.5) is 0 Å². The first kappa shape index (κ1) is 19.0. The van der Waals surface area contributed by atoms with Gasteiger partial charge in [-0.25, -0.2) is 0 Å². The lowest BCUT2D eigenvalue weighted by molar-refractivity contribution is -0.134. The zero-order valence-electron chi connectivity index (χ0n) is 16.5. The molecule has 5 nitrogen and oxygen atoms in total. The number of fused-ring (bicyclic) bond motifs is 1. The lowest BCUT2D eigenvalue weighted by Crippen LogP contribution is -2.51. The minimum atomic E-state index is -0.0505. The third-order valence-electron chi connectivity index (χ3n) is 5.38. The molecule has 0 atom stereocenters. The van der Waals surface area contributed by atoms with E-state index in [9.17, 15) is 9.59 Å². The number of nitrogens with zero attached hydrogens (tertiary/aromatic N) is 2. The van der Waals surface area contributed by atoms with Crippen LogP contribution in [0, 0.1) is 6.92 Å². The molecule has 2 amide bonds. The van der Waals surface area contributed by atoms with Gasteiger partial charge in [-0.2, -0.15) is 0 Å². The number of para-hydroxylation sites is 1. The highest BCUT2D eigenvalue weighted by atomic mass is 16.5. The number of hydrogen-bond acceptors (Lipinski definition) is 3. The average Bonchev–Trinajstić information content (AvgIpc) is 2.77. The fourth-order valence-corrected chi connectivity index (χ4v) is 3.69. The van der Waals surface area contributed by atoms with Crippen molar-refractivity contribution in [3.63, 3.8) is 0 Å². The molecule has 5 heteroatoms. The molecule has 0 radical (unpaired) electrons. The van der Waals surface area contributed by atoms with Crippen molar-refractivity contribution >= 4 is 22.6 Å². The first-order valence-corrected chi connectivity index (χ1v) is 9.87. The number of rotatable bonds is 4. The van der Waals surface area contributed by atoms with Gasteiger partial charge in [0.25, 0.3) is 11.8 Å². The molecule has 3 aromatic carbocycles. The molecule has 1 saturated heterocycles.